The topological polar surface area (TPSA) is 75.3 Å². The number of anilines is 1. The van der Waals surface area contributed by atoms with Crippen LogP contribution >= 0.6 is 23.4 Å². The largest absolute Gasteiger partial charge is 0.351 e. The maximum Gasteiger partial charge on any atom is 0.263 e. The first-order chi connectivity index (χ1) is 14.3. The van der Waals surface area contributed by atoms with Gasteiger partial charge in [0.1, 0.15) is 4.90 Å². The van der Waals surface area contributed by atoms with E-state index in [0.29, 0.717) is 17.5 Å². The third-order valence-electron chi connectivity index (χ3n) is 5.16. The molecule has 2 N–H and O–H groups in total. The van der Waals surface area contributed by atoms with Gasteiger partial charge in [-0.2, -0.15) is 11.8 Å². The Morgan fingerprint density at radius 3 is 2.60 bits per heavy atom. The van der Waals surface area contributed by atoms with E-state index < -0.39 is 10.0 Å². The van der Waals surface area contributed by atoms with Crippen LogP contribution in [0.15, 0.2) is 41.3 Å². The number of rotatable bonds is 8. The van der Waals surface area contributed by atoms with Crippen molar-refractivity contribution >= 4 is 45.0 Å². The van der Waals surface area contributed by atoms with Gasteiger partial charge in [-0.15, -0.1) is 0 Å². The Hall–Kier alpha value is -1.70. The van der Waals surface area contributed by atoms with E-state index in [9.17, 15) is 13.2 Å². The highest BCUT2D eigenvalue weighted by Crippen LogP contribution is 2.29. The molecule has 8 heteroatoms. The van der Waals surface area contributed by atoms with E-state index in [0.717, 1.165) is 16.9 Å². The lowest BCUT2D eigenvalue weighted by Gasteiger charge is -2.14. The third kappa shape index (κ3) is 5.93. The molecule has 1 amide bonds. The average Bonchev–Trinajstić information content (AvgIpc) is 3.21. The maximum atomic E-state index is 12.9. The van der Waals surface area contributed by atoms with Gasteiger partial charge >= 0.3 is 0 Å². The van der Waals surface area contributed by atoms with E-state index in [1.54, 1.807) is 12.1 Å². The van der Waals surface area contributed by atoms with Crippen LogP contribution in [0.5, 0.6) is 0 Å². The first-order valence-corrected chi connectivity index (χ1v) is 13.0. The van der Waals surface area contributed by atoms with Crippen molar-refractivity contribution in [2.75, 3.05) is 17.0 Å². The third-order valence-corrected chi connectivity index (χ3v) is 8.39. The van der Waals surface area contributed by atoms with Gasteiger partial charge in [-0.05, 0) is 62.1 Å². The first kappa shape index (κ1) is 23.0. The lowest BCUT2D eigenvalue weighted by Crippen LogP contribution is -2.26. The van der Waals surface area contributed by atoms with Crippen molar-refractivity contribution < 1.29 is 13.2 Å². The summed E-state index contributed by atoms with van der Waals surface area (Å²) in [5.41, 5.74) is 2.50. The molecule has 1 aliphatic rings. The zero-order valence-electron chi connectivity index (χ0n) is 17.2. The van der Waals surface area contributed by atoms with Gasteiger partial charge in [-0.3, -0.25) is 9.52 Å². The molecule has 0 radical (unpaired) electrons. The SMILES string of the molecule is Cc1ccc(C)c(NS(=O)(=O)c2cc(C(=O)NCCSC3CCCC3)ccc2Cl)c1. The predicted octanol–water partition coefficient (Wildman–Crippen LogP) is 5.16. The summed E-state index contributed by atoms with van der Waals surface area (Å²) in [6, 6.07) is 9.84. The fourth-order valence-corrected chi connectivity index (χ4v) is 6.31. The summed E-state index contributed by atoms with van der Waals surface area (Å²) in [5.74, 6) is 0.547. The number of aryl methyl sites for hydroxylation is 2. The summed E-state index contributed by atoms with van der Waals surface area (Å²) in [6.07, 6.45) is 5.10. The normalized spacial score (nSPS) is 14.6. The predicted molar refractivity (Wildman–Crippen MR) is 125 cm³/mol. The number of hydrogen-bond acceptors (Lipinski definition) is 4. The van der Waals surface area contributed by atoms with Crippen molar-refractivity contribution in [3.8, 4) is 0 Å². The molecular weight excluding hydrogens is 440 g/mol. The fourth-order valence-electron chi connectivity index (χ4n) is 3.44. The van der Waals surface area contributed by atoms with Crippen molar-refractivity contribution in [2.45, 2.75) is 49.7 Å². The van der Waals surface area contributed by atoms with Crippen LogP contribution in [0.1, 0.15) is 47.2 Å². The maximum absolute atomic E-state index is 12.9. The van der Waals surface area contributed by atoms with Gasteiger partial charge in [0.2, 0.25) is 0 Å². The average molecular weight is 467 g/mol. The van der Waals surface area contributed by atoms with Crippen LogP contribution in [-0.4, -0.2) is 31.9 Å². The molecule has 2 aromatic rings. The molecule has 1 saturated carbocycles. The van der Waals surface area contributed by atoms with Gasteiger partial charge in [-0.25, -0.2) is 8.42 Å². The van der Waals surface area contributed by atoms with Crippen molar-refractivity contribution in [2.24, 2.45) is 0 Å². The van der Waals surface area contributed by atoms with Crippen molar-refractivity contribution in [3.05, 3.63) is 58.1 Å². The van der Waals surface area contributed by atoms with Crippen LogP contribution in [0.3, 0.4) is 0 Å². The quantitative estimate of drug-likeness (QED) is 0.526. The lowest BCUT2D eigenvalue weighted by molar-refractivity contribution is 0.0956. The van der Waals surface area contributed by atoms with E-state index in [4.69, 9.17) is 11.6 Å². The minimum atomic E-state index is -3.94. The molecule has 0 aliphatic heterocycles. The van der Waals surface area contributed by atoms with Crippen LogP contribution < -0.4 is 10.0 Å². The summed E-state index contributed by atoms with van der Waals surface area (Å²) < 4.78 is 28.5. The molecule has 0 heterocycles. The minimum absolute atomic E-state index is 0.0705. The molecule has 0 spiro atoms. The number of nitrogens with one attached hydrogen (secondary N) is 2. The van der Waals surface area contributed by atoms with Gasteiger partial charge in [0.15, 0.2) is 0 Å². The zero-order chi connectivity index (χ0) is 21.7. The van der Waals surface area contributed by atoms with Crippen LogP contribution in [-0.2, 0) is 10.0 Å². The smallest absolute Gasteiger partial charge is 0.263 e. The second-order valence-electron chi connectivity index (χ2n) is 7.60. The Balaban J connectivity index is 1.68. The van der Waals surface area contributed by atoms with Crippen molar-refractivity contribution in [3.63, 3.8) is 0 Å². The molecule has 3 rings (SSSR count). The second kappa shape index (κ2) is 10.1. The van der Waals surface area contributed by atoms with Gasteiger partial charge in [0.05, 0.1) is 10.7 Å². The molecule has 162 valence electrons. The molecule has 5 nitrogen and oxygen atoms in total. The number of carbonyl (C=O) groups is 1. The molecule has 0 saturated heterocycles. The van der Waals surface area contributed by atoms with Crippen LogP contribution in [0, 0.1) is 13.8 Å². The summed E-state index contributed by atoms with van der Waals surface area (Å²) >= 11 is 8.06. The Morgan fingerprint density at radius 1 is 1.13 bits per heavy atom. The fraction of sp³-hybridized carbons (Fsp3) is 0.409. The highest BCUT2D eigenvalue weighted by atomic mass is 35.5. The first-order valence-electron chi connectivity index (χ1n) is 10.1. The highest BCUT2D eigenvalue weighted by Gasteiger charge is 2.21. The van der Waals surface area contributed by atoms with Gasteiger partial charge < -0.3 is 5.32 Å². The molecule has 0 unspecified atom stereocenters. The lowest BCUT2D eigenvalue weighted by atomic mass is 10.1. The standard InChI is InChI=1S/C22H27ClN2O3S2/c1-15-7-8-16(2)20(13-15)25-30(27,28)21-14-17(9-10-19(21)23)22(26)24-11-12-29-18-5-3-4-6-18/h7-10,13-14,18,25H,3-6,11-12H2,1-2H3,(H,24,26). The summed E-state index contributed by atoms with van der Waals surface area (Å²) in [6.45, 7) is 4.26. The molecule has 0 atom stereocenters. The number of halogens is 1. The summed E-state index contributed by atoms with van der Waals surface area (Å²) in [4.78, 5) is 12.4. The molecular formula is C22H27ClN2O3S2. The number of benzene rings is 2. The second-order valence-corrected chi connectivity index (χ2v) is 11.1. The number of sulfonamides is 1. The van der Waals surface area contributed by atoms with E-state index >= 15 is 0 Å². The Labute approximate surface area is 188 Å². The van der Waals surface area contributed by atoms with Gasteiger partial charge in [0.25, 0.3) is 15.9 Å². The van der Waals surface area contributed by atoms with Gasteiger partial charge in [0, 0.05) is 23.1 Å². The highest BCUT2D eigenvalue weighted by molar-refractivity contribution is 7.99. The van der Waals surface area contributed by atoms with E-state index in [1.807, 2.05) is 37.7 Å². The number of hydrogen-bond donors (Lipinski definition) is 2. The molecule has 30 heavy (non-hydrogen) atoms. The van der Waals surface area contributed by atoms with E-state index in [-0.39, 0.29) is 21.4 Å². The number of thioether (sulfide) groups is 1. The number of carbonyl (C=O) groups excluding carboxylic acids is 1. The van der Waals surface area contributed by atoms with E-state index in [1.165, 1.54) is 37.8 Å². The van der Waals surface area contributed by atoms with Crippen molar-refractivity contribution in [1.29, 1.82) is 0 Å². The summed E-state index contributed by atoms with van der Waals surface area (Å²) in [7, 11) is -3.94. The van der Waals surface area contributed by atoms with Crippen LogP contribution in [0.25, 0.3) is 0 Å². The van der Waals surface area contributed by atoms with Crippen LogP contribution in [0.4, 0.5) is 5.69 Å². The minimum Gasteiger partial charge on any atom is -0.351 e. The van der Waals surface area contributed by atoms with Crippen LogP contribution in [0.2, 0.25) is 5.02 Å². The monoisotopic (exact) mass is 466 g/mol. The Morgan fingerprint density at radius 2 is 1.87 bits per heavy atom. The zero-order valence-corrected chi connectivity index (χ0v) is 19.6. The molecule has 2 aromatic carbocycles. The Kier molecular flexibility index (Phi) is 7.71. The molecule has 1 aliphatic carbocycles. The Bertz CT molecular complexity index is 1020. The molecule has 0 bridgehead atoms. The van der Waals surface area contributed by atoms with E-state index in [2.05, 4.69) is 10.0 Å². The number of amides is 1. The van der Waals surface area contributed by atoms with Gasteiger partial charge in [-0.1, -0.05) is 36.6 Å². The molecule has 1 fully saturated rings. The molecule has 0 aromatic heterocycles. The van der Waals surface area contributed by atoms with Crippen molar-refractivity contribution in [1.82, 2.24) is 5.32 Å². The summed E-state index contributed by atoms with van der Waals surface area (Å²) in [5, 5.41) is 3.64.